The van der Waals surface area contributed by atoms with Crippen LogP contribution in [0.1, 0.15) is 45.5 Å². The van der Waals surface area contributed by atoms with E-state index in [1.807, 2.05) is 20.9 Å². The normalized spacial score (nSPS) is 25.8. The van der Waals surface area contributed by atoms with Gasteiger partial charge in [-0.3, -0.25) is 9.80 Å². The molecule has 0 amide bonds. The monoisotopic (exact) mass is 562 g/mol. The van der Waals surface area contributed by atoms with E-state index < -0.39 is 18.2 Å². The zero-order valence-corrected chi connectivity index (χ0v) is 23.6. The molecule has 4 heterocycles. The fraction of sp³-hybridized carbons (Fsp3) is 0.467. The summed E-state index contributed by atoms with van der Waals surface area (Å²) in [6.07, 6.45) is 1.58. The molecule has 4 aliphatic rings. The Labute approximate surface area is 238 Å². The molecule has 1 fully saturated rings. The molecule has 11 nitrogen and oxygen atoms in total. The topological polar surface area (TPSA) is 140 Å². The lowest BCUT2D eigenvalue weighted by atomic mass is 9.71. The molecule has 0 aromatic heterocycles. The van der Waals surface area contributed by atoms with Crippen LogP contribution in [-0.4, -0.2) is 73.3 Å². The molecule has 216 valence electrons. The number of phenols is 1. The molecule has 6 rings (SSSR count). The first-order valence-corrected chi connectivity index (χ1v) is 13.7. The maximum atomic E-state index is 12.7. The molecule has 0 spiro atoms. The summed E-state index contributed by atoms with van der Waals surface area (Å²) < 4.78 is 28.4. The molecular formula is C30H34N4O7. The van der Waals surface area contributed by atoms with Crippen LogP contribution in [-0.2, 0) is 17.6 Å². The van der Waals surface area contributed by atoms with Gasteiger partial charge < -0.3 is 34.5 Å². The first-order chi connectivity index (χ1) is 19.8. The second-order valence-corrected chi connectivity index (χ2v) is 10.9. The van der Waals surface area contributed by atoms with E-state index in [4.69, 9.17) is 29.4 Å². The van der Waals surface area contributed by atoms with Crippen molar-refractivity contribution in [1.29, 1.82) is 5.26 Å². The fourth-order valence-corrected chi connectivity index (χ4v) is 7.44. The number of methoxy groups -OCH3 is 1. The average Bonchev–Trinajstić information content (AvgIpc) is 3.44. The van der Waals surface area contributed by atoms with Gasteiger partial charge >= 0.3 is 6.16 Å². The number of aromatic hydroxyl groups is 1. The van der Waals surface area contributed by atoms with Crippen LogP contribution in [0.25, 0.3) is 0 Å². The van der Waals surface area contributed by atoms with Gasteiger partial charge in [0, 0.05) is 40.9 Å². The van der Waals surface area contributed by atoms with Crippen molar-refractivity contribution in [1.82, 2.24) is 9.80 Å². The lowest BCUT2D eigenvalue weighted by molar-refractivity contribution is -0.0710. The third-order valence-corrected chi connectivity index (χ3v) is 8.99. The Balaban J connectivity index is 1.57. The summed E-state index contributed by atoms with van der Waals surface area (Å²) in [6, 6.07) is 2.95. The number of carbonyl (C=O) groups is 1. The Bertz CT molecular complexity index is 1480. The second kappa shape index (κ2) is 10.1. The number of benzene rings is 2. The van der Waals surface area contributed by atoms with Gasteiger partial charge in [-0.1, -0.05) is 18.7 Å². The first kappa shape index (κ1) is 27.2. The quantitative estimate of drug-likeness (QED) is 0.315. The second-order valence-electron chi connectivity index (χ2n) is 10.9. The summed E-state index contributed by atoms with van der Waals surface area (Å²) in [4.78, 5) is 17.0. The van der Waals surface area contributed by atoms with Gasteiger partial charge in [-0.2, -0.15) is 5.26 Å². The number of likely N-dealkylation sites (N-methyl/N-ethyl adjacent to an activating group) is 1. The number of phenolic OH excluding ortho intramolecular Hbond substituents is 1. The van der Waals surface area contributed by atoms with Gasteiger partial charge in [0.1, 0.15) is 18.4 Å². The smallest absolute Gasteiger partial charge is 0.504 e. The van der Waals surface area contributed by atoms with Gasteiger partial charge in [0.05, 0.1) is 25.3 Å². The molecule has 2 bridgehead atoms. The minimum absolute atomic E-state index is 0.00185. The number of rotatable bonds is 5. The number of nitrogens with two attached hydrogens (primary N) is 1. The zero-order valence-electron chi connectivity index (χ0n) is 23.6. The molecule has 2 unspecified atom stereocenters. The van der Waals surface area contributed by atoms with E-state index in [2.05, 4.69) is 28.5 Å². The van der Waals surface area contributed by atoms with E-state index in [9.17, 15) is 15.2 Å². The molecule has 11 heteroatoms. The van der Waals surface area contributed by atoms with Crippen LogP contribution in [0.2, 0.25) is 0 Å². The SMILES string of the molecule is C=CCOC(=O)Oc1c(C)c2c(c3c1CC1[C@@H]4c5c(cc(C)c(OC)c5O)C[C@H](C(C#N)N1[C@H]3CN)N4C)OCO2. The molecule has 5 atom stereocenters. The van der Waals surface area contributed by atoms with Crippen molar-refractivity contribution in [2.24, 2.45) is 5.73 Å². The van der Waals surface area contributed by atoms with E-state index in [0.717, 1.165) is 27.8 Å². The van der Waals surface area contributed by atoms with Crippen molar-refractivity contribution in [3.05, 3.63) is 52.1 Å². The highest BCUT2D eigenvalue weighted by Crippen LogP contribution is 2.58. The van der Waals surface area contributed by atoms with Crippen LogP contribution < -0.4 is 24.7 Å². The van der Waals surface area contributed by atoms with Crippen LogP contribution >= 0.6 is 0 Å². The number of carbonyl (C=O) groups excluding carboxylic acids is 1. The Morgan fingerprint density at radius 3 is 2.68 bits per heavy atom. The Kier molecular flexibility index (Phi) is 6.72. The van der Waals surface area contributed by atoms with E-state index in [1.54, 1.807) is 7.11 Å². The Morgan fingerprint density at radius 1 is 1.24 bits per heavy atom. The summed E-state index contributed by atoms with van der Waals surface area (Å²) in [6.45, 7) is 7.50. The summed E-state index contributed by atoms with van der Waals surface area (Å²) in [5, 5.41) is 22.1. The number of hydrogen-bond acceptors (Lipinski definition) is 11. The van der Waals surface area contributed by atoms with Gasteiger partial charge in [-0.15, -0.1) is 0 Å². The minimum Gasteiger partial charge on any atom is -0.504 e. The summed E-state index contributed by atoms with van der Waals surface area (Å²) in [5.41, 5.74) is 11.2. The van der Waals surface area contributed by atoms with Crippen LogP contribution in [0.15, 0.2) is 18.7 Å². The average molecular weight is 563 g/mol. The number of nitriles is 1. The Hall–Kier alpha value is -3.98. The lowest BCUT2D eigenvalue weighted by Gasteiger charge is -2.59. The third-order valence-electron chi connectivity index (χ3n) is 8.99. The third kappa shape index (κ3) is 3.85. The maximum Gasteiger partial charge on any atom is 0.514 e. The number of aryl methyl sites for hydroxylation is 1. The van der Waals surface area contributed by atoms with Gasteiger partial charge in [0.2, 0.25) is 6.79 Å². The molecule has 2 aromatic rings. The highest BCUT2D eigenvalue weighted by molar-refractivity contribution is 5.72. The lowest BCUT2D eigenvalue weighted by Crippen LogP contribution is -2.68. The molecule has 4 aliphatic heterocycles. The van der Waals surface area contributed by atoms with Gasteiger partial charge in [0.25, 0.3) is 0 Å². The van der Waals surface area contributed by atoms with E-state index >= 15 is 0 Å². The molecule has 1 saturated heterocycles. The van der Waals surface area contributed by atoms with Crippen molar-refractivity contribution < 1.29 is 33.6 Å². The number of nitrogens with zero attached hydrogens (tertiary/aromatic N) is 3. The molecule has 0 aliphatic carbocycles. The predicted molar refractivity (Wildman–Crippen MR) is 147 cm³/mol. The standard InChI is InChI=1S/C30H34N4O7/c1-6-7-38-30(36)41-27-15(3)28-29(40-13-39-28)23-17(27)10-19-24-22-16(8-14(2)26(37-5)25(22)35)9-18(33(24)4)20(11-31)34(19)21(23)12-32/h6,8,18-21,24,35H,1,7,9-10,12-13,32H2,2-5H3/t18-,19?,20?,21+,24-/m1/s1. The van der Waals surface area contributed by atoms with E-state index in [-0.39, 0.29) is 43.8 Å². The number of fused-ring (bicyclic) bond motifs is 9. The summed E-state index contributed by atoms with van der Waals surface area (Å²) in [5.74, 6) is 1.91. The van der Waals surface area contributed by atoms with Crippen LogP contribution in [0, 0.1) is 25.2 Å². The highest BCUT2D eigenvalue weighted by atomic mass is 16.7. The molecule has 2 aromatic carbocycles. The van der Waals surface area contributed by atoms with Crippen molar-refractivity contribution in [2.45, 2.75) is 56.9 Å². The highest BCUT2D eigenvalue weighted by Gasteiger charge is 2.56. The summed E-state index contributed by atoms with van der Waals surface area (Å²) >= 11 is 0. The summed E-state index contributed by atoms with van der Waals surface area (Å²) in [7, 11) is 3.54. The largest absolute Gasteiger partial charge is 0.514 e. The predicted octanol–water partition coefficient (Wildman–Crippen LogP) is 3.18. The zero-order chi connectivity index (χ0) is 29.2. The van der Waals surface area contributed by atoms with E-state index in [1.165, 1.54) is 6.08 Å². The van der Waals surface area contributed by atoms with Crippen LogP contribution in [0.5, 0.6) is 28.7 Å². The van der Waals surface area contributed by atoms with Gasteiger partial charge in [0.15, 0.2) is 23.0 Å². The minimum atomic E-state index is -0.864. The Morgan fingerprint density at radius 2 is 2.00 bits per heavy atom. The van der Waals surface area contributed by atoms with Crippen molar-refractivity contribution >= 4 is 6.16 Å². The maximum absolute atomic E-state index is 12.7. The van der Waals surface area contributed by atoms with Gasteiger partial charge in [-0.05, 0) is 44.9 Å². The molecular weight excluding hydrogens is 528 g/mol. The number of hydrogen-bond donors (Lipinski definition) is 2. The molecule has 3 N–H and O–H groups in total. The fourth-order valence-electron chi connectivity index (χ4n) is 7.44. The van der Waals surface area contributed by atoms with Crippen molar-refractivity contribution in [3.63, 3.8) is 0 Å². The van der Waals surface area contributed by atoms with E-state index in [0.29, 0.717) is 41.4 Å². The first-order valence-electron chi connectivity index (χ1n) is 13.7. The van der Waals surface area contributed by atoms with Crippen LogP contribution in [0.3, 0.4) is 0 Å². The van der Waals surface area contributed by atoms with Crippen molar-refractivity contribution in [3.8, 4) is 34.8 Å². The van der Waals surface area contributed by atoms with Crippen molar-refractivity contribution in [2.75, 3.05) is 34.1 Å². The number of piperazine rings is 1. The van der Waals surface area contributed by atoms with Crippen LogP contribution in [0.4, 0.5) is 4.79 Å². The molecule has 0 radical (unpaired) electrons. The number of ether oxygens (including phenoxy) is 5. The molecule has 0 saturated carbocycles. The van der Waals surface area contributed by atoms with Gasteiger partial charge in [-0.25, -0.2) is 4.79 Å². The molecule has 41 heavy (non-hydrogen) atoms.